The Labute approximate surface area is 88.2 Å². The molecule has 1 fully saturated rings. The summed E-state index contributed by atoms with van der Waals surface area (Å²) in [6.45, 7) is 8.12. The molecule has 0 radical (unpaired) electrons. The van der Waals surface area contributed by atoms with Crippen molar-refractivity contribution in [1.29, 1.82) is 0 Å². The summed E-state index contributed by atoms with van der Waals surface area (Å²) in [6.07, 6.45) is 3.78. The molecule has 3 heteroatoms. The molecule has 14 heavy (non-hydrogen) atoms. The van der Waals surface area contributed by atoms with Crippen LogP contribution in [-0.2, 0) is 0 Å². The normalized spacial score (nSPS) is 25.5. The van der Waals surface area contributed by atoms with E-state index in [1.165, 1.54) is 45.4 Å². The zero-order valence-corrected chi connectivity index (χ0v) is 9.71. The second kappa shape index (κ2) is 6.38. The number of hydrogen-bond donors (Lipinski definition) is 1. The van der Waals surface area contributed by atoms with Crippen LogP contribution in [0.4, 0.5) is 0 Å². The summed E-state index contributed by atoms with van der Waals surface area (Å²) < 4.78 is 0. The van der Waals surface area contributed by atoms with Crippen LogP contribution in [0.5, 0.6) is 0 Å². The molecule has 1 saturated heterocycles. The summed E-state index contributed by atoms with van der Waals surface area (Å²) in [5.74, 6) is 0. The molecule has 1 unspecified atom stereocenters. The minimum atomic E-state index is 0.728. The molecular formula is C11H25N3. The number of nitrogens with two attached hydrogens (primary N) is 1. The molecular weight excluding hydrogens is 174 g/mol. The Bertz CT molecular complexity index is 149. The van der Waals surface area contributed by atoms with Crippen LogP contribution in [0.15, 0.2) is 0 Å². The van der Waals surface area contributed by atoms with Crippen LogP contribution in [-0.4, -0.2) is 55.6 Å². The molecule has 0 aromatic heterocycles. The predicted octanol–water partition coefficient (Wildman–Crippen LogP) is 0.751. The fourth-order valence-electron chi connectivity index (χ4n) is 2.15. The van der Waals surface area contributed by atoms with Crippen LogP contribution in [0, 0.1) is 0 Å². The summed E-state index contributed by atoms with van der Waals surface area (Å²) in [4.78, 5) is 5.03. The van der Waals surface area contributed by atoms with E-state index < -0.39 is 0 Å². The zero-order chi connectivity index (χ0) is 10.4. The van der Waals surface area contributed by atoms with Crippen molar-refractivity contribution < 1.29 is 0 Å². The average molecular weight is 199 g/mol. The third kappa shape index (κ3) is 3.95. The lowest BCUT2D eigenvalue weighted by Gasteiger charge is -2.38. The summed E-state index contributed by atoms with van der Waals surface area (Å²) in [6, 6.07) is 0.728. The molecule has 1 aliphatic rings. The third-order valence-electron chi connectivity index (χ3n) is 3.12. The molecule has 0 amide bonds. The summed E-state index contributed by atoms with van der Waals surface area (Å²) in [5, 5.41) is 0. The molecule has 0 spiro atoms. The topological polar surface area (TPSA) is 32.5 Å². The van der Waals surface area contributed by atoms with Crippen molar-refractivity contribution in [1.82, 2.24) is 9.80 Å². The molecule has 1 rings (SSSR count). The standard InChI is InChI=1S/C11H25N3/c1-11-10-13(2)8-9-14(11)7-5-3-4-6-12/h11H,3-10,12H2,1-2H3. The van der Waals surface area contributed by atoms with E-state index in [0.29, 0.717) is 0 Å². The van der Waals surface area contributed by atoms with Crippen LogP contribution >= 0.6 is 0 Å². The van der Waals surface area contributed by atoms with E-state index in [-0.39, 0.29) is 0 Å². The first-order chi connectivity index (χ1) is 6.74. The SMILES string of the molecule is CC1CN(C)CCN1CCCCCN. The Hall–Kier alpha value is -0.120. The molecule has 0 saturated carbocycles. The van der Waals surface area contributed by atoms with Gasteiger partial charge in [0.15, 0.2) is 0 Å². The van der Waals surface area contributed by atoms with Gasteiger partial charge in [0.1, 0.15) is 0 Å². The largest absolute Gasteiger partial charge is 0.330 e. The highest BCUT2D eigenvalue weighted by atomic mass is 15.3. The lowest BCUT2D eigenvalue weighted by Crippen LogP contribution is -2.50. The van der Waals surface area contributed by atoms with Crippen molar-refractivity contribution in [3.8, 4) is 0 Å². The molecule has 1 atom stereocenters. The fraction of sp³-hybridized carbons (Fsp3) is 1.00. The van der Waals surface area contributed by atoms with Gasteiger partial charge in [-0.15, -0.1) is 0 Å². The van der Waals surface area contributed by atoms with Gasteiger partial charge in [-0.25, -0.2) is 0 Å². The maximum atomic E-state index is 5.47. The van der Waals surface area contributed by atoms with E-state index in [0.717, 1.165) is 12.6 Å². The van der Waals surface area contributed by atoms with Gasteiger partial charge >= 0.3 is 0 Å². The minimum Gasteiger partial charge on any atom is -0.330 e. The van der Waals surface area contributed by atoms with Gasteiger partial charge < -0.3 is 10.6 Å². The molecule has 3 nitrogen and oxygen atoms in total. The highest BCUT2D eigenvalue weighted by Crippen LogP contribution is 2.09. The van der Waals surface area contributed by atoms with Gasteiger partial charge in [-0.3, -0.25) is 4.90 Å². The van der Waals surface area contributed by atoms with E-state index in [1.807, 2.05) is 0 Å². The first-order valence-corrected chi connectivity index (χ1v) is 5.86. The number of hydrogen-bond acceptors (Lipinski definition) is 3. The number of piperazine rings is 1. The van der Waals surface area contributed by atoms with Crippen LogP contribution in [0.3, 0.4) is 0 Å². The highest BCUT2D eigenvalue weighted by Gasteiger charge is 2.20. The van der Waals surface area contributed by atoms with Crippen molar-refractivity contribution in [2.45, 2.75) is 32.2 Å². The maximum absolute atomic E-state index is 5.47. The number of unbranched alkanes of at least 4 members (excludes halogenated alkanes) is 2. The van der Waals surface area contributed by atoms with E-state index >= 15 is 0 Å². The average Bonchev–Trinajstić information content (AvgIpc) is 2.15. The second-order valence-electron chi connectivity index (χ2n) is 4.50. The first kappa shape index (κ1) is 12.0. The highest BCUT2D eigenvalue weighted by molar-refractivity contribution is 4.76. The molecule has 1 aliphatic heterocycles. The Morgan fingerprint density at radius 2 is 2.00 bits per heavy atom. The van der Waals surface area contributed by atoms with Crippen molar-refractivity contribution >= 4 is 0 Å². The fourth-order valence-corrected chi connectivity index (χ4v) is 2.15. The maximum Gasteiger partial charge on any atom is 0.0195 e. The van der Waals surface area contributed by atoms with Crippen LogP contribution in [0.1, 0.15) is 26.2 Å². The van der Waals surface area contributed by atoms with Gasteiger partial charge in [0, 0.05) is 25.7 Å². The van der Waals surface area contributed by atoms with E-state index in [2.05, 4.69) is 23.8 Å². The lowest BCUT2D eigenvalue weighted by atomic mass is 10.1. The van der Waals surface area contributed by atoms with Crippen LogP contribution < -0.4 is 5.73 Å². The van der Waals surface area contributed by atoms with Gasteiger partial charge in [0.25, 0.3) is 0 Å². The smallest absolute Gasteiger partial charge is 0.0195 e. The van der Waals surface area contributed by atoms with Crippen molar-refractivity contribution in [3.63, 3.8) is 0 Å². The van der Waals surface area contributed by atoms with Crippen LogP contribution in [0.2, 0.25) is 0 Å². The van der Waals surface area contributed by atoms with Gasteiger partial charge in [0.05, 0.1) is 0 Å². The molecule has 1 heterocycles. The second-order valence-corrected chi connectivity index (χ2v) is 4.50. The summed E-state index contributed by atoms with van der Waals surface area (Å²) in [5.41, 5.74) is 5.47. The predicted molar refractivity (Wildman–Crippen MR) is 61.4 cm³/mol. The lowest BCUT2D eigenvalue weighted by molar-refractivity contribution is 0.0985. The van der Waals surface area contributed by atoms with Crippen molar-refractivity contribution in [2.24, 2.45) is 5.73 Å². The van der Waals surface area contributed by atoms with Crippen molar-refractivity contribution in [2.75, 3.05) is 39.8 Å². The molecule has 2 N–H and O–H groups in total. The van der Waals surface area contributed by atoms with E-state index in [9.17, 15) is 0 Å². The van der Waals surface area contributed by atoms with Gasteiger partial charge in [-0.1, -0.05) is 6.42 Å². The Kier molecular flexibility index (Phi) is 5.45. The molecule has 0 aliphatic carbocycles. The Morgan fingerprint density at radius 3 is 2.64 bits per heavy atom. The van der Waals surface area contributed by atoms with E-state index in [1.54, 1.807) is 0 Å². The van der Waals surface area contributed by atoms with Crippen molar-refractivity contribution in [3.05, 3.63) is 0 Å². The van der Waals surface area contributed by atoms with E-state index in [4.69, 9.17) is 5.73 Å². The van der Waals surface area contributed by atoms with Gasteiger partial charge in [0.2, 0.25) is 0 Å². The zero-order valence-electron chi connectivity index (χ0n) is 9.71. The molecule has 0 aromatic carbocycles. The number of rotatable bonds is 5. The Balaban J connectivity index is 2.11. The summed E-state index contributed by atoms with van der Waals surface area (Å²) in [7, 11) is 2.21. The molecule has 0 aromatic rings. The number of nitrogens with zero attached hydrogens (tertiary/aromatic N) is 2. The number of likely N-dealkylation sites (N-methyl/N-ethyl adjacent to an activating group) is 1. The monoisotopic (exact) mass is 199 g/mol. The Morgan fingerprint density at radius 1 is 1.21 bits per heavy atom. The first-order valence-electron chi connectivity index (χ1n) is 5.86. The van der Waals surface area contributed by atoms with Crippen LogP contribution in [0.25, 0.3) is 0 Å². The summed E-state index contributed by atoms with van der Waals surface area (Å²) >= 11 is 0. The molecule has 84 valence electrons. The van der Waals surface area contributed by atoms with Gasteiger partial charge in [-0.2, -0.15) is 0 Å². The third-order valence-corrected chi connectivity index (χ3v) is 3.12. The van der Waals surface area contributed by atoms with Gasteiger partial charge in [-0.05, 0) is 39.9 Å². The minimum absolute atomic E-state index is 0.728. The molecule has 0 bridgehead atoms. The quantitative estimate of drug-likeness (QED) is 0.663.